The van der Waals surface area contributed by atoms with Crippen LogP contribution in [0.3, 0.4) is 0 Å². The average Bonchev–Trinajstić information content (AvgIpc) is 3.13. The number of Topliss-reactive ketones (excluding diaryl/α,β-unsaturated/α-hetero) is 1. The van der Waals surface area contributed by atoms with Crippen LogP contribution in [-0.2, 0) is 23.1 Å². The van der Waals surface area contributed by atoms with E-state index in [1.54, 1.807) is 7.11 Å². The van der Waals surface area contributed by atoms with Crippen molar-refractivity contribution >= 4 is 5.78 Å². The molecule has 2 heterocycles. The van der Waals surface area contributed by atoms with Crippen molar-refractivity contribution in [3.8, 4) is 17.2 Å². The van der Waals surface area contributed by atoms with Gasteiger partial charge >= 0.3 is 0 Å². The van der Waals surface area contributed by atoms with Gasteiger partial charge in [0.2, 0.25) is 0 Å². The molecule has 4 aliphatic rings. The van der Waals surface area contributed by atoms with Crippen LogP contribution < -0.4 is 14.2 Å². The largest absolute Gasteiger partial charge is 0.493 e. The number of ketones is 1. The number of piperidine rings is 1. The molecular weight excluding hydrogens is 426 g/mol. The molecule has 0 amide bonds. The van der Waals surface area contributed by atoms with Crippen LogP contribution in [0.25, 0.3) is 0 Å². The van der Waals surface area contributed by atoms with Crippen LogP contribution in [0.15, 0.2) is 36.4 Å². The summed E-state index contributed by atoms with van der Waals surface area (Å²) in [7, 11) is 1.69. The Balaban J connectivity index is 1.40. The third-order valence-corrected chi connectivity index (χ3v) is 9.24. The highest BCUT2D eigenvalue weighted by atomic mass is 16.5. The Kier molecular flexibility index (Phi) is 5.18. The van der Waals surface area contributed by atoms with Crippen molar-refractivity contribution in [2.45, 2.75) is 69.4 Å². The van der Waals surface area contributed by atoms with Crippen LogP contribution in [0.1, 0.15) is 56.2 Å². The summed E-state index contributed by atoms with van der Waals surface area (Å²) in [6, 6.07) is 13.0. The Labute approximate surface area is 202 Å². The number of likely N-dealkylation sites (tertiary alicyclic amines) is 1. The minimum absolute atomic E-state index is 0.240. The van der Waals surface area contributed by atoms with Crippen molar-refractivity contribution < 1.29 is 19.0 Å². The molecule has 2 aliphatic heterocycles. The molecule has 34 heavy (non-hydrogen) atoms. The molecule has 2 aromatic rings. The molecule has 180 valence electrons. The predicted octanol–water partition coefficient (Wildman–Crippen LogP) is 4.73. The van der Waals surface area contributed by atoms with E-state index in [1.165, 1.54) is 16.7 Å². The first-order chi connectivity index (χ1) is 16.5. The Morgan fingerprint density at radius 3 is 2.79 bits per heavy atom. The van der Waals surface area contributed by atoms with Crippen molar-refractivity contribution in [3.63, 3.8) is 0 Å². The number of hydrogen-bond acceptors (Lipinski definition) is 5. The highest BCUT2D eigenvalue weighted by Crippen LogP contribution is 2.68. The van der Waals surface area contributed by atoms with Gasteiger partial charge in [0, 0.05) is 29.7 Å². The van der Waals surface area contributed by atoms with Crippen molar-refractivity contribution in [2.75, 3.05) is 26.8 Å². The van der Waals surface area contributed by atoms with Crippen LogP contribution in [0.4, 0.5) is 0 Å². The van der Waals surface area contributed by atoms with E-state index >= 15 is 0 Å². The van der Waals surface area contributed by atoms with Crippen LogP contribution in [0.2, 0.25) is 0 Å². The molecule has 5 nitrogen and oxygen atoms in total. The lowest BCUT2D eigenvalue weighted by molar-refractivity contribution is -0.154. The molecule has 0 unspecified atom stereocenters. The Morgan fingerprint density at radius 2 is 2.03 bits per heavy atom. The standard InChI is InChI=1S/C29H35NO4/c1-4-30-15-14-29-21-12-13-25(31)28(29,2)34-27-24(32-3)18-23(20(26(27)29)17-22(21)30)33-16-8-11-19-9-6-5-7-10-19/h5-7,9-10,18,21-22H,4,8,11-17H2,1-3H3/t21-,22+,28-,29-/m0/s1. The van der Waals surface area contributed by atoms with Gasteiger partial charge in [-0.2, -0.15) is 0 Å². The van der Waals surface area contributed by atoms with Crippen LogP contribution in [0, 0.1) is 5.92 Å². The lowest BCUT2D eigenvalue weighted by Gasteiger charge is -2.60. The van der Waals surface area contributed by atoms with E-state index in [0.717, 1.165) is 56.7 Å². The number of likely N-dealkylation sites (N-methyl/N-ethyl adjacent to an activating group) is 1. The second-order valence-corrected chi connectivity index (χ2v) is 10.5. The summed E-state index contributed by atoms with van der Waals surface area (Å²) >= 11 is 0. The van der Waals surface area contributed by atoms with E-state index in [2.05, 4.69) is 49.1 Å². The Morgan fingerprint density at radius 1 is 1.21 bits per heavy atom. The van der Waals surface area contributed by atoms with Gasteiger partial charge in [0.1, 0.15) is 5.75 Å². The van der Waals surface area contributed by atoms with Gasteiger partial charge < -0.3 is 14.2 Å². The van der Waals surface area contributed by atoms with Crippen molar-refractivity contribution in [3.05, 3.63) is 53.1 Å². The summed E-state index contributed by atoms with van der Waals surface area (Å²) in [6.07, 6.45) is 5.40. The minimum atomic E-state index is -0.815. The lowest BCUT2D eigenvalue weighted by Crippen LogP contribution is -2.70. The number of rotatable bonds is 7. The van der Waals surface area contributed by atoms with Gasteiger partial charge in [0.25, 0.3) is 0 Å². The summed E-state index contributed by atoms with van der Waals surface area (Å²) < 4.78 is 19.0. The van der Waals surface area contributed by atoms with E-state index in [-0.39, 0.29) is 11.2 Å². The maximum atomic E-state index is 13.4. The summed E-state index contributed by atoms with van der Waals surface area (Å²) in [5, 5.41) is 0. The van der Waals surface area contributed by atoms with Crippen molar-refractivity contribution in [1.29, 1.82) is 0 Å². The molecular formula is C29H35NO4. The Hall–Kier alpha value is -2.53. The molecule has 2 fully saturated rings. The molecule has 0 aromatic heterocycles. The zero-order valence-corrected chi connectivity index (χ0v) is 20.6. The molecule has 0 N–H and O–H groups in total. The average molecular weight is 462 g/mol. The normalized spacial score (nSPS) is 31.1. The number of carbonyl (C=O) groups is 1. The fourth-order valence-electron chi connectivity index (χ4n) is 7.65. The second kappa shape index (κ2) is 8.01. The number of benzene rings is 2. The zero-order valence-electron chi connectivity index (χ0n) is 20.6. The fraction of sp³-hybridized carbons (Fsp3) is 0.552. The quantitative estimate of drug-likeness (QED) is 0.558. The predicted molar refractivity (Wildman–Crippen MR) is 131 cm³/mol. The molecule has 1 saturated heterocycles. The molecule has 6 rings (SSSR count). The highest BCUT2D eigenvalue weighted by Gasteiger charge is 2.72. The monoisotopic (exact) mass is 461 g/mol. The number of methoxy groups -OCH3 is 1. The first kappa shape index (κ1) is 22.0. The van der Waals surface area contributed by atoms with Crippen molar-refractivity contribution in [1.82, 2.24) is 4.90 Å². The fourth-order valence-corrected chi connectivity index (χ4v) is 7.65. The molecule has 2 bridgehead atoms. The molecule has 2 aliphatic carbocycles. The Bertz CT molecular complexity index is 1110. The van der Waals surface area contributed by atoms with Gasteiger partial charge in [-0.25, -0.2) is 0 Å². The first-order valence-corrected chi connectivity index (χ1v) is 12.9. The highest BCUT2D eigenvalue weighted by molar-refractivity contribution is 5.93. The van der Waals surface area contributed by atoms with E-state index in [9.17, 15) is 4.79 Å². The molecule has 0 radical (unpaired) electrons. The van der Waals surface area contributed by atoms with Gasteiger partial charge in [-0.05, 0) is 63.6 Å². The third kappa shape index (κ3) is 2.85. The van der Waals surface area contributed by atoms with Crippen LogP contribution in [-0.4, -0.2) is 49.1 Å². The SMILES string of the molecule is CCN1CC[C@]23c4c5c(OCCCc6ccccc6)cc(OC)c4O[C@@]2(C)C(=O)CC[C@H]3[C@H]1C5. The van der Waals surface area contributed by atoms with Crippen LogP contribution >= 0.6 is 0 Å². The molecule has 1 saturated carbocycles. The maximum absolute atomic E-state index is 13.4. The number of nitrogens with zero attached hydrogens (tertiary/aromatic N) is 1. The number of ether oxygens (including phenoxy) is 3. The molecule has 2 aromatic carbocycles. The maximum Gasteiger partial charge on any atom is 0.177 e. The first-order valence-electron chi connectivity index (χ1n) is 12.9. The number of carbonyl (C=O) groups excluding carboxylic acids is 1. The van der Waals surface area contributed by atoms with Gasteiger partial charge in [-0.1, -0.05) is 37.3 Å². The third-order valence-electron chi connectivity index (χ3n) is 9.24. The summed E-state index contributed by atoms with van der Waals surface area (Å²) in [4.78, 5) is 16.0. The van der Waals surface area contributed by atoms with Gasteiger partial charge in [0.15, 0.2) is 22.9 Å². The van der Waals surface area contributed by atoms with E-state index < -0.39 is 5.60 Å². The van der Waals surface area contributed by atoms with E-state index in [0.29, 0.717) is 30.7 Å². The van der Waals surface area contributed by atoms with Crippen LogP contribution in [0.5, 0.6) is 17.2 Å². The summed E-state index contributed by atoms with van der Waals surface area (Å²) in [5.41, 5.74) is 2.70. The van der Waals surface area contributed by atoms with Gasteiger partial charge in [-0.3, -0.25) is 9.69 Å². The zero-order chi connectivity index (χ0) is 23.5. The summed E-state index contributed by atoms with van der Waals surface area (Å²) in [5.74, 6) is 3.07. The second-order valence-electron chi connectivity index (χ2n) is 10.5. The molecule has 4 atom stereocenters. The molecule has 5 heteroatoms. The topological polar surface area (TPSA) is 48.0 Å². The smallest absolute Gasteiger partial charge is 0.177 e. The van der Waals surface area contributed by atoms with Gasteiger partial charge in [-0.15, -0.1) is 0 Å². The minimum Gasteiger partial charge on any atom is -0.493 e. The van der Waals surface area contributed by atoms with E-state index in [4.69, 9.17) is 14.2 Å². The number of aryl methyl sites for hydroxylation is 1. The van der Waals surface area contributed by atoms with Gasteiger partial charge in [0.05, 0.1) is 19.1 Å². The molecule has 1 spiro atoms. The lowest BCUT2D eigenvalue weighted by atomic mass is 9.47. The number of hydrogen-bond donors (Lipinski definition) is 0. The van der Waals surface area contributed by atoms with Crippen molar-refractivity contribution in [2.24, 2.45) is 5.92 Å². The summed E-state index contributed by atoms with van der Waals surface area (Å²) in [6.45, 7) is 7.00. The van der Waals surface area contributed by atoms with E-state index in [1.807, 2.05) is 6.07 Å².